The summed E-state index contributed by atoms with van der Waals surface area (Å²) in [5.74, 6) is -1.88. The van der Waals surface area contributed by atoms with Gasteiger partial charge in [-0.05, 0) is 31.0 Å². The summed E-state index contributed by atoms with van der Waals surface area (Å²) in [5.41, 5.74) is 7.43. The van der Waals surface area contributed by atoms with E-state index in [0.717, 1.165) is 17.7 Å². The molecule has 3 nitrogen and oxygen atoms in total. The lowest BCUT2D eigenvalue weighted by molar-refractivity contribution is -0.117. The van der Waals surface area contributed by atoms with Crippen molar-refractivity contribution in [2.45, 2.75) is 19.9 Å². The molecule has 2 rings (SSSR count). The first-order chi connectivity index (χ1) is 9.88. The van der Waals surface area contributed by atoms with Gasteiger partial charge in [0.05, 0.1) is 5.69 Å². The highest BCUT2D eigenvalue weighted by Gasteiger charge is 2.18. The van der Waals surface area contributed by atoms with Crippen molar-refractivity contribution in [1.29, 1.82) is 0 Å². The van der Waals surface area contributed by atoms with Crippen LogP contribution < -0.4 is 11.1 Å². The molecule has 0 saturated heterocycles. The third kappa shape index (κ3) is 3.44. The molecule has 5 heteroatoms. The molecule has 0 radical (unpaired) electrons. The quantitative estimate of drug-likeness (QED) is 0.912. The van der Waals surface area contributed by atoms with E-state index < -0.39 is 23.6 Å². The Labute approximate surface area is 121 Å². The molecule has 0 fully saturated rings. The molecule has 110 valence electrons. The molecule has 0 aliphatic heterocycles. The minimum Gasteiger partial charge on any atom is -0.322 e. The van der Waals surface area contributed by atoms with Crippen LogP contribution in [-0.4, -0.2) is 5.91 Å². The maximum atomic E-state index is 13.7. The number of aryl methyl sites for hydroxylation is 2. The summed E-state index contributed by atoms with van der Waals surface area (Å²) < 4.78 is 27.1. The average molecular weight is 290 g/mol. The largest absolute Gasteiger partial charge is 0.322 e. The van der Waals surface area contributed by atoms with Crippen LogP contribution in [0.2, 0.25) is 0 Å². The molecule has 1 unspecified atom stereocenters. The second-order valence-corrected chi connectivity index (χ2v) is 4.96. The lowest BCUT2D eigenvalue weighted by Gasteiger charge is -2.14. The Morgan fingerprint density at radius 1 is 1.10 bits per heavy atom. The fraction of sp³-hybridized carbons (Fsp3) is 0.188. The van der Waals surface area contributed by atoms with Gasteiger partial charge in [0, 0.05) is 6.07 Å². The molecule has 0 aromatic heterocycles. The maximum absolute atomic E-state index is 13.7. The predicted octanol–water partition coefficient (Wildman–Crippen LogP) is 3.22. The molecule has 0 aliphatic carbocycles. The van der Waals surface area contributed by atoms with Crippen molar-refractivity contribution < 1.29 is 13.6 Å². The summed E-state index contributed by atoms with van der Waals surface area (Å²) in [5, 5.41) is 2.31. The van der Waals surface area contributed by atoms with Crippen LogP contribution in [0.15, 0.2) is 36.4 Å². The average Bonchev–Trinajstić information content (AvgIpc) is 2.44. The molecular weight excluding hydrogens is 274 g/mol. The third-order valence-electron chi connectivity index (χ3n) is 3.23. The standard InChI is InChI=1S/C16H16F2N2O/c1-9-3-5-11(6-4-9)15(19)16(21)20-14-8-12(17)10(2)7-13(14)18/h3-8,15H,19H2,1-2H3,(H,20,21). The molecule has 0 bridgehead atoms. The van der Waals surface area contributed by atoms with E-state index >= 15 is 0 Å². The minimum absolute atomic E-state index is 0.174. The Balaban J connectivity index is 2.18. The topological polar surface area (TPSA) is 55.1 Å². The number of rotatable bonds is 3. The molecule has 0 aliphatic rings. The normalized spacial score (nSPS) is 12.0. The van der Waals surface area contributed by atoms with E-state index in [2.05, 4.69) is 5.32 Å². The molecule has 3 N–H and O–H groups in total. The number of nitrogens with one attached hydrogen (secondary N) is 1. The fourth-order valence-corrected chi connectivity index (χ4v) is 1.88. The number of benzene rings is 2. The molecule has 1 atom stereocenters. The molecule has 1 amide bonds. The summed E-state index contributed by atoms with van der Waals surface area (Å²) in [6.07, 6.45) is 0. The van der Waals surface area contributed by atoms with Crippen LogP contribution >= 0.6 is 0 Å². The SMILES string of the molecule is Cc1ccc(C(N)C(=O)Nc2cc(F)c(C)cc2F)cc1. The predicted molar refractivity (Wildman–Crippen MR) is 77.8 cm³/mol. The second-order valence-electron chi connectivity index (χ2n) is 4.96. The van der Waals surface area contributed by atoms with Crippen molar-refractivity contribution in [3.63, 3.8) is 0 Å². The summed E-state index contributed by atoms with van der Waals surface area (Å²) in [4.78, 5) is 12.0. The van der Waals surface area contributed by atoms with Gasteiger partial charge in [-0.2, -0.15) is 0 Å². The van der Waals surface area contributed by atoms with Crippen LogP contribution in [0.5, 0.6) is 0 Å². The Morgan fingerprint density at radius 3 is 2.33 bits per heavy atom. The summed E-state index contributed by atoms with van der Waals surface area (Å²) in [6.45, 7) is 3.36. The molecule has 0 saturated carbocycles. The zero-order chi connectivity index (χ0) is 15.6. The molecule has 0 heterocycles. The lowest BCUT2D eigenvalue weighted by atomic mass is 10.1. The van der Waals surface area contributed by atoms with Gasteiger partial charge in [-0.1, -0.05) is 29.8 Å². The number of carbonyl (C=O) groups is 1. The van der Waals surface area contributed by atoms with Crippen molar-refractivity contribution in [3.8, 4) is 0 Å². The van der Waals surface area contributed by atoms with Gasteiger partial charge in [-0.25, -0.2) is 8.78 Å². The van der Waals surface area contributed by atoms with Gasteiger partial charge in [0.25, 0.3) is 0 Å². The van der Waals surface area contributed by atoms with Crippen molar-refractivity contribution in [2.24, 2.45) is 5.73 Å². The van der Waals surface area contributed by atoms with E-state index in [1.54, 1.807) is 12.1 Å². The Kier molecular flexibility index (Phi) is 4.33. The smallest absolute Gasteiger partial charge is 0.245 e. The van der Waals surface area contributed by atoms with Crippen LogP contribution in [0.25, 0.3) is 0 Å². The number of anilines is 1. The number of amides is 1. The number of carbonyl (C=O) groups excluding carboxylic acids is 1. The fourth-order valence-electron chi connectivity index (χ4n) is 1.88. The van der Waals surface area contributed by atoms with E-state index in [1.165, 1.54) is 6.92 Å². The highest BCUT2D eigenvalue weighted by molar-refractivity contribution is 5.95. The van der Waals surface area contributed by atoms with Crippen LogP contribution in [0.4, 0.5) is 14.5 Å². The Bertz CT molecular complexity index is 669. The van der Waals surface area contributed by atoms with E-state index in [9.17, 15) is 13.6 Å². The monoisotopic (exact) mass is 290 g/mol. The summed E-state index contributed by atoms with van der Waals surface area (Å²) >= 11 is 0. The zero-order valence-corrected chi connectivity index (χ0v) is 11.8. The number of hydrogen-bond acceptors (Lipinski definition) is 2. The van der Waals surface area contributed by atoms with Crippen molar-refractivity contribution in [3.05, 3.63) is 64.7 Å². The first-order valence-electron chi connectivity index (χ1n) is 6.47. The zero-order valence-electron chi connectivity index (χ0n) is 11.8. The van der Waals surface area contributed by atoms with Crippen LogP contribution in [0.1, 0.15) is 22.7 Å². The van der Waals surface area contributed by atoms with Gasteiger partial charge in [0.15, 0.2) is 0 Å². The number of nitrogens with two attached hydrogens (primary N) is 1. The summed E-state index contributed by atoms with van der Waals surface area (Å²) in [6, 6.07) is 8.14. The Hall–Kier alpha value is -2.27. The lowest BCUT2D eigenvalue weighted by Crippen LogP contribution is -2.28. The maximum Gasteiger partial charge on any atom is 0.245 e. The molecular formula is C16H16F2N2O. The van der Waals surface area contributed by atoms with Crippen LogP contribution in [0.3, 0.4) is 0 Å². The van der Waals surface area contributed by atoms with Gasteiger partial charge in [0.1, 0.15) is 17.7 Å². The van der Waals surface area contributed by atoms with Crippen molar-refractivity contribution in [1.82, 2.24) is 0 Å². The van der Waals surface area contributed by atoms with Gasteiger partial charge < -0.3 is 11.1 Å². The third-order valence-corrected chi connectivity index (χ3v) is 3.23. The minimum atomic E-state index is -0.950. The molecule has 2 aromatic carbocycles. The van der Waals surface area contributed by atoms with E-state index in [4.69, 9.17) is 5.73 Å². The summed E-state index contributed by atoms with van der Waals surface area (Å²) in [7, 11) is 0. The van der Waals surface area contributed by atoms with Gasteiger partial charge >= 0.3 is 0 Å². The molecule has 0 spiro atoms. The second kappa shape index (κ2) is 6.01. The van der Waals surface area contributed by atoms with Gasteiger partial charge in [-0.3, -0.25) is 4.79 Å². The Morgan fingerprint density at radius 2 is 1.71 bits per heavy atom. The number of hydrogen-bond donors (Lipinski definition) is 2. The molecule has 21 heavy (non-hydrogen) atoms. The highest BCUT2D eigenvalue weighted by Crippen LogP contribution is 2.20. The molecule has 2 aromatic rings. The van der Waals surface area contributed by atoms with Crippen LogP contribution in [0, 0.1) is 25.5 Å². The van der Waals surface area contributed by atoms with Gasteiger partial charge in [0.2, 0.25) is 5.91 Å². The van der Waals surface area contributed by atoms with Crippen LogP contribution in [-0.2, 0) is 4.79 Å². The van der Waals surface area contributed by atoms with Crippen molar-refractivity contribution >= 4 is 11.6 Å². The first-order valence-corrected chi connectivity index (χ1v) is 6.47. The van der Waals surface area contributed by atoms with E-state index in [0.29, 0.717) is 5.56 Å². The van der Waals surface area contributed by atoms with Gasteiger partial charge in [-0.15, -0.1) is 0 Å². The van der Waals surface area contributed by atoms with E-state index in [1.807, 2.05) is 19.1 Å². The highest BCUT2D eigenvalue weighted by atomic mass is 19.1. The van der Waals surface area contributed by atoms with E-state index in [-0.39, 0.29) is 11.3 Å². The number of halogens is 2. The first kappa shape index (κ1) is 15.1. The van der Waals surface area contributed by atoms with Crippen molar-refractivity contribution in [2.75, 3.05) is 5.32 Å².